The Hall–Kier alpha value is -7.06. The van der Waals surface area contributed by atoms with Crippen molar-refractivity contribution in [3.63, 3.8) is 0 Å². The average Bonchev–Trinajstić information content (AvgIpc) is 4.44. The highest BCUT2D eigenvalue weighted by atomic mass is 35.6. The smallest absolute Gasteiger partial charge is 0.275 e. The van der Waals surface area contributed by atoms with Crippen molar-refractivity contribution < 1.29 is 28.3 Å². The van der Waals surface area contributed by atoms with E-state index in [1.807, 2.05) is 125 Å². The molecule has 2 N–H and O–H groups in total. The van der Waals surface area contributed by atoms with Gasteiger partial charge in [0.2, 0.25) is 20.3 Å². The van der Waals surface area contributed by atoms with E-state index in [4.69, 9.17) is 51.5 Å². The van der Waals surface area contributed by atoms with Crippen molar-refractivity contribution in [2.45, 2.75) is 16.4 Å². The predicted molar refractivity (Wildman–Crippen MR) is 323 cm³/mol. The highest BCUT2D eigenvalue weighted by molar-refractivity contribution is 7.80. The van der Waals surface area contributed by atoms with E-state index in [2.05, 4.69) is 68.5 Å². The number of carbonyl (C=O) groups excluding carboxylic acids is 4. The fraction of sp³-hybridized carbons (Fsp3) is 0.155. The molecular formula is C58H55Cl3N8O6P2S. The number of nitrogens with zero attached hydrogens (tertiary/aromatic N) is 6. The molecule has 0 aliphatic carbocycles. The van der Waals surface area contributed by atoms with Crippen LogP contribution in [0.4, 0.5) is 39.8 Å². The van der Waals surface area contributed by atoms with Crippen LogP contribution in [0.1, 0.15) is 6.42 Å². The number of para-hydroxylation sites is 7. The molecule has 7 aromatic carbocycles. The molecule has 0 radical (unpaired) electrons. The third-order valence-electron chi connectivity index (χ3n) is 12.4. The fourth-order valence-electron chi connectivity index (χ4n) is 8.97. The van der Waals surface area contributed by atoms with Gasteiger partial charge in [-0.3, -0.25) is 23.7 Å². The molecule has 7 aromatic rings. The topological polar surface area (TPSA) is 138 Å². The van der Waals surface area contributed by atoms with Crippen molar-refractivity contribution in [1.82, 2.24) is 5.32 Å². The number of alkyl halides is 3. The molecule has 20 heteroatoms. The summed E-state index contributed by atoms with van der Waals surface area (Å²) >= 11 is 19.8. The lowest BCUT2D eigenvalue weighted by molar-refractivity contribution is -0.122. The molecular weight excluding hydrogens is 1110 g/mol. The van der Waals surface area contributed by atoms with Gasteiger partial charge in [-0.1, -0.05) is 162 Å². The average molecular weight is 1160 g/mol. The van der Waals surface area contributed by atoms with Crippen molar-refractivity contribution in [2.24, 2.45) is 0 Å². The van der Waals surface area contributed by atoms with Crippen LogP contribution >= 0.6 is 62.9 Å². The molecule has 11 rings (SSSR count). The van der Waals surface area contributed by atoms with Crippen LogP contribution in [0.15, 0.2) is 224 Å². The number of carbonyl (C=O) groups is 4. The zero-order valence-corrected chi connectivity index (χ0v) is 46.9. The van der Waals surface area contributed by atoms with Crippen LogP contribution in [0.2, 0.25) is 0 Å². The molecule has 4 heterocycles. The SMILES string of the molecule is ClC(Cl)Cl.O=C1C=CC(=O)N1c1ccccc1.O=C1CC(P2(=O)N(c3ccccc3)CCN2c2ccccc2)C(=O)N1c1ccccc1.S=C(NCCOP1N(c2ccccc2)CCN1c1ccccc1)Nc1ccccc1. The molecule has 1 unspecified atom stereocenters. The number of anilines is 7. The summed E-state index contributed by atoms with van der Waals surface area (Å²) < 4.78 is 28.9. The summed E-state index contributed by atoms with van der Waals surface area (Å²) in [6.07, 6.45) is 2.47. The minimum atomic E-state index is -3.48. The number of rotatable bonds is 12. The summed E-state index contributed by atoms with van der Waals surface area (Å²) in [4.78, 5) is 51.2. The first-order valence-corrected chi connectivity index (χ1v) is 29.4. The van der Waals surface area contributed by atoms with Gasteiger partial charge in [0.25, 0.3) is 19.3 Å². The van der Waals surface area contributed by atoms with Gasteiger partial charge in [-0.15, -0.1) is 0 Å². The van der Waals surface area contributed by atoms with Gasteiger partial charge in [0, 0.05) is 79.7 Å². The number of hydrogen-bond acceptors (Lipinski definition) is 9. The molecule has 0 aromatic heterocycles. The molecule has 400 valence electrons. The Morgan fingerprint density at radius 1 is 0.538 bits per heavy atom. The Bertz CT molecular complexity index is 3050. The minimum Gasteiger partial charge on any atom is -0.360 e. The molecule has 4 amide bonds. The number of nitrogens with one attached hydrogen (secondary N) is 2. The second-order valence-corrected chi connectivity index (χ2v) is 24.2. The van der Waals surface area contributed by atoms with Gasteiger partial charge in [0.1, 0.15) is 5.66 Å². The van der Waals surface area contributed by atoms with Crippen molar-refractivity contribution in [2.75, 3.05) is 73.1 Å². The summed E-state index contributed by atoms with van der Waals surface area (Å²) in [5.41, 5.74) is 5.15. The number of thiocarbonyl (C=S) groups is 1. The van der Waals surface area contributed by atoms with Crippen LogP contribution in [-0.2, 0) is 28.3 Å². The van der Waals surface area contributed by atoms with E-state index in [0.717, 1.165) is 35.1 Å². The first kappa shape index (κ1) is 57.1. The second kappa shape index (κ2) is 28.0. The van der Waals surface area contributed by atoms with Crippen molar-refractivity contribution in [1.29, 1.82) is 0 Å². The maximum Gasteiger partial charge on any atom is 0.275 e. The maximum absolute atomic E-state index is 14.9. The van der Waals surface area contributed by atoms with E-state index in [9.17, 15) is 23.7 Å². The normalized spacial score (nSPS) is 16.6. The Morgan fingerprint density at radius 2 is 0.897 bits per heavy atom. The van der Waals surface area contributed by atoms with Gasteiger partial charge in [0.15, 0.2) is 9.41 Å². The van der Waals surface area contributed by atoms with E-state index in [0.29, 0.717) is 42.7 Å². The molecule has 3 saturated heterocycles. The number of imide groups is 2. The Kier molecular flexibility index (Phi) is 20.5. The molecule has 14 nitrogen and oxygen atoms in total. The highest BCUT2D eigenvalue weighted by Crippen LogP contribution is 2.65. The number of hydrogen-bond donors (Lipinski definition) is 2. The number of halogens is 3. The zero-order valence-electron chi connectivity index (χ0n) is 42.0. The summed E-state index contributed by atoms with van der Waals surface area (Å²) in [6, 6.07) is 67.6. The van der Waals surface area contributed by atoms with Gasteiger partial charge < -0.3 is 33.8 Å². The van der Waals surface area contributed by atoms with Crippen LogP contribution in [0.25, 0.3) is 0 Å². The maximum atomic E-state index is 14.9. The van der Waals surface area contributed by atoms with Gasteiger partial charge in [0.05, 0.1) is 18.0 Å². The summed E-state index contributed by atoms with van der Waals surface area (Å²) in [6.45, 7) is 4.11. The van der Waals surface area contributed by atoms with Crippen molar-refractivity contribution in [3.8, 4) is 0 Å². The molecule has 3 fully saturated rings. The van der Waals surface area contributed by atoms with Crippen LogP contribution < -0.4 is 39.1 Å². The number of amides is 4. The summed E-state index contributed by atoms with van der Waals surface area (Å²) in [5.74, 6) is -1.28. The van der Waals surface area contributed by atoms with Crippen LogP contribution in [-0.4, -0.2) is 78.0 Å². The van der Waals surface area contributed by atoms with Crippen LogP contribution in [0.3, 0.4) is 0 Å². The number of benzene rings is 7. The lowest BCUT2D eigenvalue weighted by Crippen LogP contribution is -2.36. The lowest BCUT2D eigenvalue weighted by atomic mass is 10.3. The van der Waals surface area contributed by atoms with Gasteiger partial charge in [-0.25, -0.2) is 9.80 Å². The molecule has 78 heavy (non-hydrogen) atoms. The van der Waals surface area contributed by atoms with Crippen molar-refractivity contribution in [3.05, 3.63) is 224 Å². The molecule has 1 atom stereocenters. The van der Waals surface area contributed by atoms with E-state index in [-0.39, 0.29) is 24.1 Å². The highest BCUT2D eigenvalue weighted by Gasteiger charge is 2.58. The monoisotopic (exact) mass is 1160 g/mol. The van der Waals surface area contributed by atoms with Gasteiger partial charge in [-0.2, -0.15) is 0 Å². The molecule has 0 bridgehead atoms. The minimum absolute atomic E-state index is 0.0718. The van der Waals surface area contributed by atoms with Crippen LogP contribution in [0.5, 0.6) is 0 Å². The molecule has 0 spiro atoms. The fourth-order valence-corrected chi connectivity index (χ4v) is 14.6. The summed E-state index contributed by atoms with van der Waals surface area (Å²) in [7, 11) is -4.42. The Balaban J connectivity index is 0.000000159. The quantitative estimate of drug-likeness (QED) is 0.0395. The van der Waals surface area contributed by atoms with E-state index in [1.54, 1.807) is 48.5 Å². The third-order valence-corrected chi connectivity index (χ3v) is 18.2. The largest absolute Gasteiger partial charge is 0.360 e. The molecule has 0 saturated carbocycles. The predicted octanol–water partition coefficient (Wildman–Crippen LogP) is 12.9. The van der Waals surface area contributed by atoms with Crippen molar-refractivity contribution >= 4 is 131 Å². The van der Waals surface area contributed by atoms with E-state index >= 15 is 0 Å². The van der Waals surface area contributed by atoms with Gasteiger partial charge in [-0.05, 0) is 97.1 Å². The first-order valence-electron chi connectivity index (χ1n) is 24.8. The van der Waals surface area contributed by atoms with E-state index in [1.165, 1.54) is 28.4 Å². The molecule has 4 aliphatic heterocycles. The third kappa shape index (κ3) is 14.3. The standard InChI is InChI=1S/C24H22N3O3P.C23H25N4OPS.C10H7NO2.CHCl3/c28-23-18-22(24(29)27(23)21-14-8-3-9-15-21)31(30)25(19-10-4-1-5-11-19)16-17-26(31)20-12-6-2-7-13-20;30-23(25-20-10-4-1-5-11-20)24-16-19-28-29-26(21-12-6-2-7-13-21)17-18-27(29)22-14-8-3-9-15-22;12-9-6-7-10(13)11(9)8-4-2-1-3-5-8;2-1(3)4/h1-15,22H,16-18H2;1-15H,16-19H2,(H2,24,25,30);1-7H;1H. The van der Waals surface area contributed by atoms with Gasteiger partial charge >= 0.3 is 0 Å². The Labute approximate surface area is 476 Å². The second-order valence-electron chi connectivity index (χ2n) is 17.3. The molecule has 4 aliphatic rings. The van der Waals surface area contributed by atoms with E-state index < -0.39 is 31.8 Å². The summed E-state index contributed by atoms with van der Waals surface area (Å²) in [5, 5.41) is 7.02. The van der Waals surface area contributed by atoms with Crippen LogP contribution in [0, 0.1) is 0 Å². The lowest BCUT2D eigenvalue weighted by Gasteiger charge is -2.35. The Morgan fingerprint density at radius 3 is 1.31 bits per heavy atom. The zero-order chi connectivity index (χ0) is 54.9. The first-order chi connectivity index (χ1) is 37.9.